The maximum atomic E-state index is 4.36. The fraction of sp³-hybridized carbons (Fsp3) is 0.417. The molecule has 1 unspecified atom stereocenters. The van der Waals surface area contributed by atoms with Gasteiger partial charge in [-0.3, -0.25) is 4.98 Å². The number of pyridine rings is 1. The summed E-state index contributed by atoms with van der Waals surface area (Å²) in [5, 5.41) is 7.41. The van der Waals surface area contributed by atoms with Crippen LogP contribution in [0, 0.1) is 0 Å². The number of hydrogen-bond donors (Lipinski definition) is 1. The van der Waals surface area contributed by atoms with Crippen molar-refractivity contribution in [3.8, 4) is 0 Å². The Morgan fingerprint density at radius 1 is 1.41 bits per heavy atom. The Bertz CT molecular complexity index is 415. The van der Waals surface area contributed by atoms with Gasteiger partial charge in [0.25, 0.3) is 0 Å². The highest BCUT2D eigenvalue weighted by Crippen LogP contribution is 2.19. The molecule has 2 rings (SSSR count). The Balaban J connectivity index is 2.06. The Kier molecular flexibility index (Phi) is 4.58. The molecule has 0 fully saturated rings. The monoisotopic (exact) mass is 248 g/mol. The van der Waals surface area contributed by atoms with Gasteiger partial charge >= 0.3 is 0 Å². The van der Waals surface area contributed by atoms with Crippen molar-refractivity contribution >= 4 is 11.5 Å². The quantitative estimate of drug-likeness (QED) is 0.851. The molecule has 0 aliphatic heterocycles. The fourth-order valence-electron chi connectivity index (χ4n) is 1.65. The van der Waals surface area contributed by atoms with Crippen molar-refractivity contribution in [1.82, 2.24) is 19.9 Å². The zero-order valence-electron chi connectivity index (χ0n) is 9.84. The second-order valence-electron chi connectivity index (χ2n) is 3.85. The van der Waals surface area contributed by atoms with E-state index in [0.29, 0.717) is 0 Å². The Morgan fingerprint density at radius 2 is 2.35 bits per heavy atom. The molecule has 1 N–H and O–H groups in total. The van der Waals surface area contributed by atoms with Crippen LogP contribution in [0.15, 0.2) is 30.6 Å². The first kappa shape index (κ1) is 12.1. The average Bonchev–Trinajstić information content (AvgIpc) is 2.89. The van der Waals surface area contributed by atoms with Crippen LogP contribution in [-0.2, 0) is 6.42 Å². The minimum Gasteiger partial charge on any atom is -0.309 e. The third-order valence-electron chi connectivity index (χ3n) is 2.50. The molecule has 0 aromatic carbocycles. The summed E-state index contributed by atoms with van der Waals surface area (Å²) in [5.74, 6) is 0. The SMILES string of the molecule is CCCNC(Cc1ccccn1)c1cnns1. The normalized spacial score (nSPS) is 12.5. The van der Waals surface area contributed by atoms with Gasteiger partial charge in [0.15, 0.2) is 0 Å². The number of rotatable bonds is 6. The number of aromatic nitrogens is 3. The van der Waals surface area contributed by atoms with E-state index in [1.807, 2.05) is 24.5 Å². The summed E-state index contributed by atoms with van der Waals surface area (Å²) in [6, 6.07) is 6.27. The smallest absolute Gasteiger partial charge is 0.0669 e. The molecule has 2 heterocycles. The van der Waals surface area contributed by atoms with E-state index in [0.717, 1.165) is 25.1 Å². The summed E-state index contributed by atoms with van der Waals surface area (Å²) in [7, 11) is 0. The lowest BCUT2D eigenvalue weighted by atomic mass is 10.1. The number of hydrogen-bond acceptors (Lipinski definition) is 5. The summed E-state index contributed by atoms with van der Waals surface area (Å²) in [6.45, 7) is 3.16. The van der Waals surface area contributed by atoms with Gasteiger partial charge in [-0.1, -0.05) is 17.5 Å². The maximum absolute atomic E-state index is 4.36. The second kappa shape index (κ2) is 6.42. The van der Waals surface area contributed by atoms with Gasteiger partial charge < -0.3 is 5.32 Å². The third kappa shape index (κ3) is 3.57. The molecule has 17 heavy (non-hydrogen) atoms. The van der Waals surface area contributed by atoms with Crippen molar-refractivity contribution in [3.63, 3.8) is 0 Å². The number of nitrogens with zero attached hydrogens (tertiary/aromatic N) is 3. The Labute approximate surface area is 105 Å². The summed E-state index contributed by atoms with van der Waals surface area (Å²) in [4.78, 5) is 5.53. The molecule has 0 amide bonds. The van der Waals surface area contributed by atoms with Crippen molar-refractivity contribution in [2.45, 2.75) is 25.8 Å². The van der Waals surface area contributed by atoms with Crippen molar-refractivity contribution in [2.24, 2.45) is 0 Å². The Morgan fingerprint density at radius 3 is 3.00 bits per heavy atom. The minimum atomic E-state index is 0.268. The molecule has 2 aromatic heterocycles. The predicted molar refractivity (Wildman–Crippen MR) is 68.9 cm³/mol. The van der Waals surface area contributed by atoms with Crippen LogP contribution in [0.1, 0.15) is 30.0 Å². The lowest BCUT2D eigenvalue weighted by Gasteiger charge is -2.15. The average molecular weight is 248 g/mol. The van der Waals surface area contributed by atoms with Crippen LogP contribution >= 0.6 is 11.5 Å². The van der Waals surface area contributed by atoms with Crippen LogP contribution in [0.3, 0.4) is 0 Å². The molecule has 90 valence electrons. The van der Waals surface area contributed by atoms with Gasteiger partial charge in [-0.15, -0.1) is 5.10 Å². The van der Waals surface area contributed by atoms with E-state index in [4.69, 9.17) is 0 Å². The molecule has 4 nitrogen and oxygen atoms in total. The van der Waals surface area contributed by atoms with Crippen molar-refractivity contribution in [1.29, 1.82) is 0 Å². The highest BCUT2D eigenvalue weighted by atomic mass is 32.1. The largest absolute Gasteiger partial charge is 0.309 e. The highest BCUT2D eigenvalue weighted by Gasteiger charge is 2.14. The van der Waals surface area contributed by atoms with E-state index in [-0.39, 0.29) is 6.04 Å². The molecule has 5 heteroatoms. The van der Waals surface area contributed by atoms with Crippen LogP contribution in [0.25, 0.3) is 0 Å². The van der Waals surface area contributed by atoms with Crippen molar-refractivity contribution in [2.75, 3.05) is 6.54 Å². The van der Waals surface area contributed by atoms with Gasteiger partial charge in [-0.05, 0) is 36.6 Å². The topological polar surface area (TPSA) is 50.7 Å². The molecule has 1 atom stereocenters. The van der Waals surface area contributed by atoms with Gasteiger partial charge in [-0.25, -0.2) is 0 Å². The van der Waals surface area contributed by atoms with E-state index < -0.39 is 0 Å². The Hall–Kier alpha value is -1.33. The third-order valence-corrected chi connectivity index (χ3v) is 3.28. The van der Waals surface area contributed by atoms with Crippen LogP contribution < -0.4 is 5.32 Å². The zero-order chi connectivity index (χ0) is 11.9. The van der Waals surface area contributed by atoms with E-state index >= 15 is 0 Å². The summed E-state index contributed by atoms with van der Waals surface area (Å²) < 4.78 is 3.92. The molecule has 0 bridgehead atoms. The molecule has 2 aromatic rings. The van der Waals surface area contributed by atoms with Crippen LogP contribution in [0.5, 0.6) is 0 Å². The first-order chi connectivity index (χ1) is 8.40. The molecule has 0 saturated heterocycles. The van der Waals surface area contributed by atoms with Crippen LogP contribution in [-0.4, -0.2) is 21.1 Å². The highest BCUT2D eigenvalue weighted by molar-refractivity contribution is 7.05. The van der Waals surface area contributed by atoms with E-state index in [1.165, 1.54) is 16.4 Å². The van der Waals surface area contributed by atoms with Crippen LogP contribution in [0.4, 0.5) is 0 Å². The standard InChI is InChI=1S/C12H16N4S/c1-2-6-14-11(12-9-15-16-17-12)8-10-5-3-4-7-13-10/h3-5,7,9,11,14H,2,6,8H2,1H3. The second-order valence-corrected chi connectivity index (χ2v) is 4.67. The first-order valence-electron chi connectivity index (χ1n) is 5.80. The van der Waals surface area contributed by atoms with Gasteiger partial charge in [-0.2, -0.15) is 0 Å². The summed E-state index contributed by atoms with van der Waals surface area (Å²) >= 11 is 1.45. The van der Waals surface area contributed by atoms with Crippen molar-refractivity contribution < 1.29 is 0 Å². The predicted octanol–water partition coefficient (Wildman–Crippen LogP) is 2.22. The van der Waals surface area contributed by atoms with E-state index in [2.05, 4.69) is 32.9 Å². The molecule has 0 spiro atoms. The zero-order valence-corrected chi connectivity index (χ0v) is 10.7. The molecular formula is C12H16N4S. The van der Waals surface area contributed by atoms with Crippen molar-refractivity contribution in [3.05, 3.63) is 41.2 Å². The molecule has 0 aliphatic carbocycles. The van der Waals surface area contributed by atoms with E-state index in [1.54, 1.807) is 0 Å². The number of nitrogens with one attached hydrogen (secondary N) is 1. The van der Waals surface area contributed by atoms with Crippen LogP contribution in [0.2, 0.25) is 0 Å². The molecule has 0 saturated carbocycles. The lowest BCUT2D eigenvalue weighted by Crippen LogP contribution is -2.23. The van der Waals surface area contributed by atoms with Gasteiger partial charge in [0.05, 0.1) is 17.1 Å². The molecule has 0 aliphatic rings. The maximum Gasteiger partial charge on any atom is 0.0669 e. The molecular weight excluding hydrogens is 232 g/mol. The molecule has 0 radical (unpaired) electrons. The lowest BCUT2D eigenvalue weighted by molar-refractivity contribution is 0.531. The fourth-order valence-corrected chi connectivity index (χ4v) is 2.23. The summed E-state index contributed by atoms with van der Waals surface area (Å²) in [6.07, 6.45) is 5.66. The minimum absolute atomic E-state index is 0.268. The van der Waals surface area contributed by atoms with Gasteiger partial charge in [0, 0.05) is 18.3 Å². The summed E-state index contributed by atoms with van der Waals surface area (Å²) in [5.41, 5.74) is 1.09. The van der Waals surface area contributed by atoms with E-state index in [9.17, 15) is 0 Å². The van der Waals surface area contributed by atoms with Gasteiger partial charge in [0.1, 0.15) is 0 Å². The van der Waals surface area contributed by atoms with Gasteiger partial charge in [0.2, 0.25) is 0 Å². The first-order valence-corrected chi connectivity index (χ1v) is 6.58.